The molecule has 2 heterocycles. The molecule has 4 rings (SSSR count). The van der Waals surface area contributed by atoms with Gasteiger partial charge in [0.2, 0.25) is 0 Å². The maximum atomic E-state index is 13.5. The van der Waals surface area contributed by atoms with E-state index >= 15 is 0 Å². The first kappa shape index (κ1) is 23.1. The molecule has 2 aliphatic rings. The quantitative estimate of drug-likeness (QED) is 0.659. The number of nitrogens with one attached hydrogen (secondary N) is 1. The Bertz CT molecular complexity index is 903. The molecule has 0 saturated carbocycles. The molecule has 0 radical (unpaired) electrons. The van der Waals surface area contributed by atoms with E-state index in [0.29, 0.717) is 5.56 Å². The molecule has 2 aliphatic heterocycles. The van der Waals surface area contributed by atoms with Gasteiger partial charge in [-0.3, -0.25) is 0 Å². The highest BCUT2D eigenvalue weighted by Crippen LogP contribution is 2.51. The first-order valence-corrected chi connectivity index (χ1v) is 11.2. The van der Waals surface area contributed by atoms with Gasteiger partial charge in [-0.1, -0.05) is 30.3 Å². The van der Waals surface area contributed by atoms with Gasteiger partial charge in [0.25, 0.3) is 0 Å². The van der Waals surface area contributed by atoms with Crippen LogP contribution in [0.1, 0.15) is 41.7 Å². The van der Waals surface area contributed by atoms with E-state index in [1.54, 1.807) is 6.07 Å². The van der Waals surface area contributed by atoms with Gasteiger partial charge in [0.05, 0.1) is 23.8 Å². The zero-order valence-electron chi connectivity index (χ0n) is 18.9. The smallest absolute Gasteiger partial charge is 0.378 e. The second kappa shape index (κ2) is 9.41. The largest absolute Gasteiger partial charge is 0.416 e. The molecule has 0 unspecified atom stereocenters. The second-order valence-electron chi connectivity index (χ2n) is 9.32. The number of benzene rings is 2. The number of halogens is 3. The summed E-state index contributed by atoms with van der Waals surface area (Å²) in [6.45, 7) is 2.64. The van der Waals surface area contributed by atoms with E-state index in [-0.39, 0.29) is 24.2 Å². The fourth-order valence-corrected chi connectivity index (χ4v) is 4.87. The Balaban J connectivity index is 1.61. The van der Waals surface area contributed by atoms with Gasteiger partial charge in [-0.2, -0.15) is 13.2 Å². The SMILES string of the molecule is CN(C)CCN(C)C[C@H]1CC[C@@H]2[C@H](O1)c1cc(C(F)(F)F)ccc1N[C@H]2c1ccccc1. The summed E-state index contributed by atoms with van der Waals surface area (Å²) in [5.74, 6) is 0.0803. The Morgan fingerprint density at radius 1 is 1.00 bits per heavy atom. The normalized spacial score (nSPS) is 25.4. The van der Waals surface area contributed by atoms with E-state index in [1.165, 1.54) is 6.07 Å². The minimum absolute atomic E-state index is 0.000304. The first-order chi connectivity index (χ1) is 15.2. The number of likely N-dealkylation sites (N-methyl/N-ethyl adjacent to an activating group) is 2. The number of ether oxygens (including phenoxy) is 1. The summed E-state index contributed by atoms with van der Waals surface area (Å²) in [4.78, 5) is 4.38. The molecule has 0 aromatic heterocycles. The van der Waals surface area contributed by atoms with Crippen molar-refractivity contribution in [3.05, 3.63) is 65.2 Å². The lowest BCUT2D eigenvalue weighted by atomic mass is 9.76. The Hall–Kier alpha value is -2.09. The van der Waals surface area contributed by atoms with E-state index in [1.807, 2.05) is 32.3 Å². The summed E-state index contributed by atoms with van der Waals surface area (Å²) in [6.07, 6.45) is -2.94. The Kier molecular flexibility index (Phi) is 6.79. The van der Waals surface area contributed by atoms with E-state index in [9.17, 15) is 13.2 Å². The van der Waals surface area contributed by atoms with Crippen LogP contribution in [0.5, 0.6) is 0 Å². The number of alkyl halides is 3. The van der Waals surface area contributed by atoms with Crippen molar-refractivity contribution in [1.82, 2.24) is 9.80 Å². The van der Waals surface area contributed by atoms with Crippen LogP contribution in [0.4, 0.5) is 18.9 Å². The Morgan fingerprint density at radius 2 is 1.75 bits per heavy atom. The Labute approximate surface area is 188 Å². The molecule has 0 aliphatic carbocycles. The lowest BCUT2D eigenvalue weighted by Gasteiger charge is -2.46. The summed E-state index contributed by atoms with van der Waals surface area (Å²) >= 11 is 0. The van der Waals surface area contributed by atoms with Crippen LogP contribution in [-0.2, 0) is 10.9 Å². The maximum Gasteiger partial charge on any atom is 0.416 e. The minimum Gasteiger partial charge on any atom is -0.378 e. The first-order valence-electron chi connectivity index (χ1n) is 11.2. The number of rotatable bonds is 6. The van der Waals surface area contributed by atoms with Crippen molar-refractivity contribution in [2.45, 2.75) is 37.3 Å². The third-order valence-electron chi connectivity index (χ3n) is 6.58. The van der Waals surface area contributed by atoms with Gasteiger partial charge in [0.1, 0.15) is 0 Å². The zero-order valence-corrected chi connectivity index (χ0v) is 18.9. The average Bonchev–Trinajstić information content (AvgIpc) is 2.76. The highest BCUT2D eigenvalue weighted by atomic mass is 19.4. The number of hydrogen-bond acceptors (Lipinski definition) is 4. The predicted molar refractivity (Wildman–Crippen MR) is 121 cm³/mol. The number of hydrogen-bond donors (Lipinski definition) is 1. The van der Waals surface area contributed by atoms with E-state index in [2.05, 4.69) is 34.3 Å². The molecule has 2 aromatic rings. The summed E-state index contributed by atoms with van der Waals surface area (Å²) in [7, 11) is 6.16. The molecule has 174 valence electrons. The highest BCUT2D eigenvalue weighted by molar-refractivity contribution is 5.58. The molecule has 0 spiro atoms. The van der Waals surface area contributed by atoms with Gasteiger partial charge in [-0.15, -0.1) is 0 Å². The van der Waals surface area contributed by atoms with Crippen LogP contribution in [0.15, 0.2) is 48.5 Å². The van der Waals surface area contributed by atoms with Gasteiger partial charge in [-0.25, -0.2) is 0 Å². The minimum atomic E-state index is -4.37. The van der Waals surface area contributed by atoms with Crippen LogP contribution < -0.4 is 5.32 Å². The van der Waals surface area contributed by atoms with Crippen LogP contribution >= 0.6 is 0 Å². The van der Waals surface area contributed by atoms with Crippen molar-refractivity contribution >= 4 is 5.69 Å². The topological polar surface area (TPSA) is 27.7 Å². The molecule has 4 atom stereocenters. The van der Waals surface area contributed by atoms with Crippen molar-refractivity contribution in [3.63, 3.8) is 0 Å². The second-order valence-corrected chi connectivity index (χ2v) is 9.32. The van der Waals surface area contributed by atoms with Crippen LogP contribution in [0.3, 0.4) is 0 Å². The summed E-state index contributed by atoms with van der Waals surface area (Å²) in [5, 5.41) is 3.52. The van der Waals surface area contributed by atoms with Crippen molar-refractivity contribution in [3.8, 4) is 0 Å². The van der Waals surface area contributed by atoms with Crippen LogP contribution in [0, 0.1) is 5.92 Å². The molecular weight excluding hydrogens is 415 g/mol. The van der Waals surface area contributed by atoms with Crippen LogP contribution in [-0.4, -0.2) is 56.7 Å². The summed E-state index contributed by atoms with van der Waals surface area (Å²) < 4.78 is 46.9. The van der Waals surface area contributed by atoms with Crippen molar-refractivity contribution in [1.29, 1.82) is 0 Å². The highest BCUT2D eigenvalue weighted by Gasteiger charge is 2.43. The van der Waals surface area contributed by atoms with Crippen molar-refractivity contribution in [2.24, 2.45) is 5.92 Å². The van der Waals surface area contributed by atoms with Gasteiger partial charge in [0, 0.05) is 36.8 Å². The summed E-state index contributed by atoms with van der Waals surface area (Å²) in [6, 6.07) is 14.1. The fourth-order valence-electron chi connectivity index (χ4n) is 4.87. The van der Waals surface area contributed by atoms with Gasteiger partial charge < -0.3 is 19.9 Å². The van der Waals surface area contributed by atoms with Gasteiger partial charge in [-0.05, 0) is 57.7 Å². The van der Waals surface area contributed by atoms with Gasteiger partial charge >= 0.3 is 6.18 Å². The summed E-state index contributed by atoms with van der Waals surface area (Å²) in [5.41, 5.74) is 1.87. The maximum absolute atomic E-state index is 13.5. The zero-order chi connectivity index (χ0) is 22.9. The number of fused-ring (bicyclic) bond motifs is 3. The molecule has 0 amide bonds. The third-order valence-corrected chi connectivity index (χ3v) is 6.58. The van der Waals surface area contributed by atoms with Crippen molar-refractivity contribution < 1.29 is 17.9 Å². The monoisotopic (exact) mass is 447 g/mol. The lowest BCUT2D eigenvalue weighted by molar-refractivity contribution is -0.138. The molecule has 1 saturated heterocycles. The number of nitrogens with zero attached hydrogens (tertiary/aromatic N) is 2. The molecule has 32 heavy (non-hydrogen) atoms. The van der Waals surface area contributed by atoms with Crippen LogP contribution in [0.25, 0.3) is 0 Å². The molecular formula is C25H32F3N3O. The Morgan fingerprint density at radius 3 is 2.44 bits per heavy atom. The third kappa shape index (κ3) is 5.11. The van der Waals surface area contributed by atoms with E-state index in [4.69, 9.17) is 4.74 Å². The number of anilines is 1. The molecule has 2 aromatic carbocycles. The molecule has 7 heteroatoms. The molecule has 1 fully saturated rings. The molecule has 4 nitrogen and oxygen atoms in total. The predicted octanol–water partition coefficient (Wildman–Crippen LogP) is 5.20. The van der Waals surface area contributed by atoms with E-state index < -0.39 is 11.7 Å². The average molecular weight is 448 g/mol. The van der Waals surface area contributed by atoms with Crippen molar-refractivity contribution in [2.75, 3.05) is 46.1 Å². The van der Waals surface area contributed by atoms with E-state index in [0.717, 1.165) is 49.8 Å². The molecule has 1 N–H and O–H groups in total. The van der Waals surface area contributed by atoms with Crippen LogP contribution in [0.2, 0.25) is 0 Å². The fraction of sp³-hybridized carbons (Fsp3) is 0.520. The standard InChI is InChI=1S/C25H32F3N3O/c1-30(2)13-14-31(3)16-19-10-11-20-23(17-7-5-4-6-8-17)29-22-12-9-18(25(26,27)28)15-21(22)24(20)32-19/h4-9,12,15,19-20,23-24,29H,10-11,13-14,16H2,1-3H3/t19-,20+,23+,24+/m1/s1. The lowest BCUT2D eigenvalue weighted by Crippen LogP contribution is -2.43. The van der Waals surface area contributed by atoms with Gasteiger partial charge in [0.15, 0.2) is 0 Å². The molecule has 0 bridgehead atoms.